The highest BCUT2D eigenvalue weighted by Gasteiger charge is 2.31. The number of aromatic nitrogens is 2. The van der Waals surface area contributed by atoms with Gasteiger partial charge in [0.1, 0.15) is 22.8 Å². The van der Waals surface area contributed by atoms with E-state index in [1.807, 2.05) is 0 Å². The Kier molecular flexibility index (Phi) is 5.39. The second kappa shape index (κ2) is 7.91. The third-order valence-corrected chi connectivity index (χ3v) is 4.03. The molecule has 0 saturated heterocycles. The number of hydrogen-bond acceptors (Lipinski definition) is 6. The first-order chi connectivity index (χ1) is 13.5. The fourth-order valence-corrected chi connectivity index (χ4v) is 2.77. The molecule has 0 aliphatic heterocycles. The summed E-state index contributed by atoms with van der Waals surface area (Å²) in [5, 5.41) is 4.40. The number of halogens is 1. The van der Waals surface area contributed by atoms with Crippen LogP contribution in [0.1, 0.15) is 20.8 Å². The predicted molar refractivity (Wildman–Crippen MR) is 98.2 cm³/mol. The number of esters is 2. The number of para-hydroxylation sites is 1. The normalized spacial score (nSPS) is 10.4. The van der Waals surface area contributed by atoms with Crippen LogP contribution in [0.25, 0.3) is 16.9 Å². The highest BCUT2D eigenvalue weighted by atomic mass is 19.1. The van der Waals surface area contributed by atoms with Gasteiger partial charge in [0, 0.05) is 11.6 Å². The molecule has 2 aromatic carbocycles. The molecule has 8 heteroatoms. The molecule has 3 rings (SSSR count). The minimum Gasteiger partial charge on any atom is -0.497 e. The maximum atomic E-state index is 14.0. The molecule has 1 heterocycles. The average Bonchev–Trinajstić information content (AvgIpc) is 3.13. The van der Waals surface area contributed by atoms with Crippen LogP contribution in [-0.4, -0.2) is 43.0 Å². The van der Waals surface area contributed by atoms with Crippen molar-refractivity contribution in [3.8, 4) is 22.7 Å². The van der Waals surface area contributed by atoms with Crippen molar-refractivity contribution in [1.29, 1.82) is 0 Å². The van der Waals surface area contributed by atoms with Crippen molar-refractivity contribution in [3.63, 3.8) is 0 Å². The van der Waals surface area contributed by atoms with Crippen LogP contribution in [0.2, 0.25) is 0 Å². The van der Waals surface area contributed by atoms with E-state index in [0.717, 1.165) is 0 Å². The number of hydrogen-bond donors (Lipinski definition) is 0. The summed E-state index contributed by atoms with van der Waals surface area (Å²) in [7, 11) is 3.76. The van der Waals surface area contributed by atoms with Gasteiger partial charge in [0.15, 0.2) is 5.69 Å². The van der Waals surface area contributed by atoms with E-state index in [1.54, 1.807) is 30.3 Å². The Labute approximate surface area is 160 Å². The maximum Gasteiger partial charge on any atom is 0.357 e. The van der Waals surface area contributed by atoms with Gasteiger partial charge in [0.25, 0.3) is 0 Å². The lowest BCUT2D eigenvalue weighted by molar-refractivity contribution is 0.0549. The summed E-state index contributed by atoms with van der Waals surface area (Å²) in [6.07, 6.45) is 0. The third kappa shape index (κ3) is 3.44. The van der Waals surface area contributed by atoms with Gasteiger partial charge in [-0.2, -0.15) is 5.10 Å². The summed E-state index contributed by atoms with van der Waals surface area (Å²) < 4.78 is 30.1. The fourth-order valence-electron chi connectivity index (χ4n) is 2.77. The SMILES string of the molecule is COC(=O)c1c(-c2cc(F)cc(OC)c2)nn(-c2ccccc2)c1C(=O)OC. The molecule has 28 heavy (non-hydrogen) atoms. The van der Waals surface area contributed by atoms with Crippen LogP contribution < -0.4 is 4.74 Å². The van der Waals surface area contributed by atoms with Gasteiger partial charge >= 0.3 is 11.9 Å². The Morgan fingerprint density at radius 1 is 0.964 bits per heavy atom. The Balaban J connectivity index is 2.37. The average molecular weight is 384 g/mol. The molecule has 0 N–H and O–H groups in total. The number of methoxy groups -OCH3 is 3. The van der Waals surface area contributed by atoms with Gasteiger partial charge in [0.05, 0.1) is 27.0 Å². The van der Waals surface area contributed by atoms with Crippen molar-refractivity contribution in [1.82, 2.24) is 9.78 Å². The number of ether oxygens (including phenoxy) is 3. The lowest BCUT2D eigenvalue weighted by Crippen LogP contribution is -2.15. The van der Waals surface area contributed by atoms with Crippen LogP contribution in [-0.2, 0) is 9.47 Å². The van der Waals surface area contributed by atoms with E-state index in [4.69, 9.17) is 14.2 Å². The molecule has 0 aliphatic rings. The lowest BCUT2D eigenvalue weighted by atomic mass is 10.0. The fraction of sp³-hybridized carbons (Fsp3) is 0.150. The van der Waals surface area contributed by atoms with Gasteiger partial charge < -0.3 is 14.2 Å². The summed E-state index contributed by atoms with van der Waals surface area (Å²) in [6, 6.07) is 12.6. The van der Waals surface area contributed by atoms with Gasteiger partial charge in [-0.05, 0) is 24.3 Å². The van der Waals surface area contributed by atoms with E-state index >= 15 is 0 Å². The molecule has 7 nitrogen and oxygen atoms in total. The van der Waals surface area contributed by atoms with Crippen LogP contribution in [0, 0.1) is 5.82 Å². The molecule has 0 amide bonds. The van der Waals surface area contributed by atoms with Crippen molar-refractivity contribution in [2.45, 2.75) is 0 Å². The molecule has 0 spiro atoms. The Morgan fingerprint density at radius 2 is 1.64 bits per heavy atom. The summed E-state index contributed by atoms with van der Waals surface area (Å²) in [4.78, 5) is 25.0. The van der Waals surface area contributed by atoms with Gasteiger partial charge in [-0.25, -0.2) is 18.7 Å². The van der Waals surface area contributed by atoms with Crippen LogP contribution in [0.4, 0.5) is 4.39 Å². The number of benzene rings is 2. The van der Waals surface area contributed by atoms with Gasteiger partial charge in [0.2, 0.25) is 0 Å². The minimum absolute atomic E-state index is 0.0638. The quantitative estimate of drug-likeness (QED) is 0.628. The highest BCUT2D eigenvalue weighted by molar-refractivity contribution is 6.06. The van der Waals surface area contributed by atoms with Crippen molar-refractivity contribution in [2.75, 3.05) is 21.3 Å². The van der Waals surface area contributed by atoms with Crippen molar-refractivity contribution < 1.29 is 28.2 Å². The molecule has 0 bridgehead atoms. The molecule has 0 saturated carbocycles. The summed E-state index contributed by atoms with van der Waals surface area (Å²) in [6.45, 7) is 0. The van der Waals surface area contributed by atoms with Crippen molar-refractivity contribution >= 4 is 11.9 Å². The molecule has 3 aromatic rings. The van der Waals surface area contributed by atoms with Crippen molar-refractivity contribution in [3.05, 3.63) is 65.6 Å². The highest BCUT2D eigenvalue weighted by Crippen LogP contribution is 2.31. The zero-order valence-corrected chi connectivity index (χ0v) is 15.4. The molecule has 144 valence electrons. The Bertz CT molecular complexity index is 1030. The molecule has 0 radical (unpaired) electrons. The maximum absolute atomic E-state index is 14.0. The monoisotopic (exact) mass is 384 g/mol. The number of carbonyl (C=O) groups excluding carboxylic acids is 2. The van der Waals surface area contributed by atoms with E-state index in [2.05, 4.69) is 5.10 Å². The van der Waals surface area contributed by atoms with E-state index in [9.17, 15) is 14.0 Å². The van der Waals surface area contributed by atoms with Crippen LogP contribution in [0.5, 0.6) is 5.75 Å². The smallest absolute Gasteiger partial charge is 0.357 e. The zero-order chi connectivity index (χ0) is 20.3. The van der Waals surface area contributed by atoms with E-state index in [-0.39, 0.29) is 28.3 Å². The Hall–Kier alpha value is -3.68. The second-order valence-electron chi connectivity index (χ2n) is 5.68. The first-order valence-corrected chi connectivity index (χ1v) is 8.20. The van der Waals surface area contributed by atoms with Gasteiger partial charge in [-0.3, -0.25) is 0 Å². The van der Waals surface area contributed by atoms with E-state index in [0.29, 0.717) is 5.69 Å². The Morgan fingerprint density at radius 3 is 2.25 bits per heavy atom. The molecule has 0 atom stereocenters. The van der Waals surface area contributed by atoms with Crippen LogP contribution in [0.15, 0.2) is 48.5 Å². The van der Waals surface area contributed by atoms with Crippen molar-refractivity contribution in [2.24, 2.45) is 0 Å². The predicted octanol–water partition coefficient (Wildman–Crippen LogP) is 3.26. The molecule has 0 unspecified atom stereocenters. The van der Waals surface area contributed by atoms with Gasteiger partial charge in [-0.1, -0.05) is 18.2 Å². The summed E-state index contributed by atoms with van der Waals surface area (Å²) in [5.41, 5.74) is 0.568. The minimum atomic E-state index is -0.805. The number of rotatable bonds is 5. The molecule has 0 fully saturated rings. The topological polar surface area (TPSA) is 79.7 Å². The summed E-state index contributed by atoms with van der Waals surface area (Å²) in [5.74, 6) is -1.94. The van der Waals surface area contributed by atoms with E-state index in [1.165, 1.54) is 44.2 Å². The molecular formula is C20H17FN2O5. The van der Waals surface area contributed by atoms with Crippen LogP contribution >= 0.6 is 0 Å². The number of carbonyl (C=O) groups is 2. The zero-order valence-electron chi connectivity index (χ0n) is 15.4. The standard InChI is InChI=1S/C20H17FN2O5/c1-26-15-10-12(9-13(21)11-15)17-16(19(24)27-2)18(20(25)28-3)23(22-17)14-7-5-4-6-8-14/h4-11H,1-3H3. The molecular weight excluding hydrogens is 367 g/mol. The van der Waals surface area contributed by atoms with E-state index < -0.39 is 17.8 Å². The summed E-state index contributed by atoms with van der Waals surface area (Å²) >= 11 is 0. The molecule has 0 aliphatic carbocycles. The largest absolute Gasteiger partial charge is 0.497 e. The van der Waals surface area contributed by atoms with Crippen LogP contribution in [0.3, 0.4) is 0 Å². The lowest BCUT2D eigenvalue weighted by Gasteiger charge is -2.07. The van der Waals surface area contributed by atoms with Gasteiger partial charge in [-0.15, -0.1) is 0 Å². The molecule has 1 aromatic heterocycles. The first-order valence-electron chi connectivity index (χ1n) is 8.20. The number of nitrogens with zero attached hydrogens (tertiary/aromatic N) is 2. The first kappa shape index (κ1) is 19.1. The third-order valence-electron chi connectivity index (χ3n) is 4.03. The second-order valence-corrected chi connectivity index (χ2v) is 5.68.